The van der Waals surface area contributed by atoms with Gasteiger partial charge in [0, 0.05) is 7.11 Å². The Bertz CT molecular complexity index is 154. The molecule has 5 heteroatoms. The smallest absolute Gasteiger partial charge is 0.323 e. The van der Waals surface area contributed by atoms with Gasteiger partial charge >= 0.3 is 5.97 Å². The molecule has 2 N–H and O–H groups in total. The van der Waals surface area contributed by atoms with Gasteiger partial charge in [-0.25, -0.2) is 0 Å². The van der Waals surface area contributed by atoms with Crippen LogP contribution in [0.15, 0.2) is 0 Å². The summed E-state index contributed by atoms with van der Waals surface area (Å²) in [5.41, 5.74) is 0. The molecule has 1 fully saturated rings. The van der Waals surface area contributed by atoms with Crippen molar-refractivity contribution in [3.63, 3.8) is 0 Å². The third-order valence-corrected chi connectivity index (χ3v) is 1.97. The number of carboxylic acids is 1. The van der Waals surface area contributed by atoms with E-state index in [1.54, 1.807) is 7.11 Å². The Morgan fingerprint density at radius 3 is 2.75 bits per heavy atom. The topological polar surface area (TPSA) is 58.6 Å². The molecule has 0 bridgehead atoms. The third kappa shape index (κ3) is 2.62. The maximum Gasteiger partial charge on any atom is 0.323 e. The van der Waals surface area contributed by atoms with Crippen molar-refractivity contribution in [2.45, 2.75) is 25.0 Å². The molecule has 0 amide bonds. The normalized spacial score (nSPS) is 29.1. The first-order valence-corrected chi connectivity index (χ1v) is 3.74. The fourth-order valence-corrected chi connectivity index (χ4v) is 1.36. The summed E-state index contributed by atoms with van der Waals surface area (Å²) in [5, 5.41) is 11.6. The fraction of sp³-hybridized carbons (Fsp3) is 0.857. The zero-order valence-corrected chi connectivity index (χ0v) is 7.76. The van der Waals surface area contributed by atoms with Crippen molar-refractivity contribution in [1.82, 2.24) is 5.32 Å². The minimum absolute atomic E-state index is 0. The molecular formula is C7H14ClNO3. The van der Waals surface area contributed by atoms with E-state index in [4.69, 9.17) is 9.84 Å². The molecule has 1 aliphatic heterocycles. The lowest BCUT2D eigenvalue weighted by atomic mass is 10.0. The quantitative estimate of drug-likeness (QED) is 0.664. The van der Waals surface area contributed by atoms with E-state index in [2.05, 4.69) is 5.32 Å². The van der Waals surface area contributed by atoms with E-state index in [0.29, 0.717) is 0 Å². The summed E-state index contributed by atoms with van der Waals surface area (Å²) in [5.74, 6) is -0.823. The van der Waals surface area contributed by atoms with Gasteiger partial charge in [0.2, 0.25) is 0 Å². The molecule has 0 aromatic rings. The summed E-state index contributed by atoms with van der Waals surface area (Å²) in [6.45, 7) is 0.775. The van der Waals surface area contributed by atoms with Crippen LogP contribution in [0.1, 0.15) is 12.8 Å². The molecule has 2 atom stereocenters. The van der Waals surface area contributed by atoms with Crippen LogP contribution in [-0.2, 0) is 9.53 Å². The van der Waals surface area contributed by atoms with Crippen molar-refractivity contribution in [3.05, 3.63) is 0 Å². The number of aliphatic carboxylic acids is 1. The van der Waals surface area contributed by atoms with E-state index >= 15 is 0 Å². The maximum atomic E-state index is 10.6. The molecule has 0 saturated carbocycles. The van der Waals surface area contributed by atoms with Crippen molar-refractivity contribution >= 4 is 18.4 Å². The minimum Gasteiger partial charge on any atom is -0.480 e. The molecule has 72 valence electrons. The minimum atomic E-state index is -0.823. The monoisotopic (exact) mass is 195 g/mol. The number of hydrogen-bond donors (Lipinski definition) is 2. The number of carbonyl (C=O) groups is 1. The number of piperidine rings is 1. The molecule has 2 unspecified atom stereocenters. The molecule has 0 aromatic carbocycles. The lowest BCUT2D eigenvalue weighted by Crippen LogP contribution is -2.50. The Labute approximate surface area is 77.7 Å². The largest absolute Gasteiger partial charge is 0.480 e. The van der Waals surface area contributed by atoms with Crippen molar-refractivity contribution < 1.29 is 14.6 Å². The van der Waals surface area contributed by atoms with E-state index < -0.39 is 12.0 Å². The van der Waals surface area contributed by atoms with Gasteiger partial charge in [-0.1, -0.05) is 0 Å². The number of halogens is 1. The van der Waals surface area contributed by atoms with Crippen LogP contribution in [0.5, 0.6) is 0 Å². The van der Waals surface area contributed by atoms with E-state index in [-0.39, 0.29) is 18.5 Å². The van der Waals surface area contributed by atoms with E-state index in [9.17, 15) is 4.79 Å². The predicted molar refractivity (Wildman–Crippen MR) is 46.7 cm³/mol. The highest BCUT2D eigenvalue weighted by Crippen LogP contribution is 2.11. The van der Waals surface area contributed by atoms with E-state index in [1.165, 1.54) is 0 Å². The molecule has 0 spiro atoms. The molecule has 0 radical (unpaired) electrons. The molecule has 4 nitrogen and oxygen atoms in total. The maximum absolute atomic E-state index is 10.6. The standard InChI is InChI=1S/C7H13NO3.ClH/c1-11-5-3-2-4-8-6(5)7(9)10;/h5-6,8H,2-4H2,1H3,(H,9,10);1H. The van der Waals surface area contributed by atoms with Gasteiger partial charge in [-0.3, -0.25) is 4.79 Å². The van der Waals surface area contributed by atoms with Crippen molar-refractivity contribution in [1.29, 1.82) is 0 Å². The van der Waals surface area contributed by atoms with Crippen LogP contribution < -0.4 is 5.32 Å². The Kier molecular flexibility index (Phi) is 5.20. The average molecular weight is 196 g/mol. The molecule has 1 aliphatic rings. The lowest BCUT2D eigenvalue weighted by molar-refractivity contribution is -0.144. The van der Waals surface area contributed by atoms with Gasteiger partial charge in [0.15, 0.2) is 0 Å². The second-order valence-electron chi connectivity index (χ2n) is 2.69. The Morgan fingerprint density at radius 2 is 2.33 bits per heavy atom. The molecule has 0 aliphatic carbocycles. The highest BCUT2D eigenvalue weighted by Gasteiger charge is 2.29. The summed E-state index contributed by atoms with van der Waals surface area (Å²) in [6.07, 6.45) is 1.66. The van der Waals surface area contributed by atoms with Gasteiger partial charge in [-0.05, 0) is 19.4 Å². The second kappa shape index (κ2) is 5.35. The Morgan fingerprint density at radius 1 is 1.67 bits per heavy atom. The number of ether oxygens (including phenoxy) is 1. The van der Waals surface area contributed by atoms with Crippen LogP contribution in [0, 0.1) is 0 Å². The molecule has 12 heavy (non-hydrogen) atoms. The van der Waals surface area contributed by atoms with Gasteiger partial charge < -0.3 is 15.2 Å². The second-order valence-corrected chi connectivity index (χ2v) is 2.69. The summed E-state index contributed by atoms with van der Waals surface area (Å²) < 4.78 is 5.02. The van der Waals surface area contributed by atoms with Crippen LogP contribution in [-0.4, -0.2) is 36.9 Å². The summed E-state index contributed by atoms with van der Waals surface area (Å²) >= 11 is 0. The van der Waals surface area contributed by atoms with Crippen LogP contribution in [0.3, 0.4) is 0 Å². The van der Waals surface area contributed by atoms with Crippen LogP contribution in [0.4, 0.5) is 0 Å². The summed E-state index contributed by atoms with van der Waals surface area (Å²) in [7, 11) is 1.55. The average Bonchev–Trinajstić information content (AvgIpc) is 2.04. The Balaban J connectivity index is 0.00000121. The first-order valence-electron chi connectivity index (χ1n) is 3.74. The highest BCUT2D eigenvalue weighted by molar-refractivity contribution is 5.85. The first kappa shape index (κ1) is 11.7. The van der Waals surface area contributed by atoms with Gasteiger partial charge in [0.05, 0.1) is 6.10 Å². The van der Waals surface area contributed by atoms with Gasteiger partial charge in [-0.15, -0.1) is 12.4 Å². The van der Waals surface area contributed by atoms with Crippen LogP contribution >= 0.6 is 12.4 Å². The molecular weight excluding hydrogens is 182 g/mol. The lowest BCUT2D eigenvalue weighted by Gasteiger charge is -2.28. The van der Waals surface area contributed by atoms with Crippen LogP contribution in [0.2, 0.25) is 0 Å². The van der Waals surface area contributed by atoms with Gasteiger partial charge in [0.1, 0.15) is 6.04 Å². The first-order chi connectivity index (χ1) is 5.25. The van der Waals surface area contributed by atoms with E-state index in [1.807, 2.05) is 0 Å². The van der Waals surface area contributed by atoms with E-state index in [0.717, 1.165) is 19.4 Å². The van der Waals surface area contributed by atoms with Crippen LogP contribution in [0.25, 0.3) is 0 Å². The van der Waals surface area contributed by atoms with Gasteiger partial charge in [0.25, 0.3) is 0 Å². The van der Waals surface area contributed by atoms with Crippen molar-refractivity contribution in [3.8, 4) is 0 Å². The zero-order valence-electron chi connectivity index (χ0n) is 6.95. The van der Waals surface area contributed by atoms with Crippen molar-refractivity contribution in [2.75, 3.05) is 13.7 Å². The summed E-state index contributed by atoms with van der Waals surface area (Å²) in [6, 6.07) is -0.520. The zero-order chi connectivity index (χ0) is 8.27. The Hall–Kier alpha value is -0.320. The SMILES string of the molecule is COC1CCCNC1C(=O)O.Cl. The molecule has 1 rings (SSSR count). The highest BCUT2D eigenvalue weighted by atomic mass is 35.5. The molecule has 0 aromatic heterocycles. The number of rotatable bonds is 2. The fourth-order valence-electron chi connectivity index (χ4n) is 1.36. The number of nitrogens with one attached hydrogen (secondary N) is 1. The number of hydrogen-bond acceptors (Lipinski definition) is 3. The third-order valence-electron chi connectivity index (χ3n) is 1.97. The molecule has 1 saturated heterocycles. The van der Waals surface area contributed by atoms with Crippen molar-refractivity contribution in [2.24, 2.45) is 0 Å². The predicted octanol–water partition coefficient (Wildman–Crippen LogP) is 0.260. The molecule has 1 heterocycles. The number of carboxylic acid groups (broad SMARTS) is 1. The van der Waals surface area contributed by atoms with Gasteiger partial charge in [-0.2, -0.15) is 0 Å². The summed E-state index contributed by atoms with van der Waals surface area (Å²) in [4.78, 5) is 10.6. The number of methoxy groups -OCH3 is 1.